The highest BCUT2D eigenvalue weighted by Crippen LogP contribution is 2.39. The number of amides is 2. The smallest absolute Gasteiger partial charge is 0.242 e. The molecule has 4 N–H and O–H groups in total. The van der Waals surface area contributed by atoms with Crippen molar-refractivity contribution in [3.05, 3.63) is 47.4 Å². The minimum atomic E-state index is -0.796. The van der Waals surface area contributed by atoms with Crippen LogP contribution in [0.1, 0.15) is 88.3 Å². The summed E-state index contributed by atoms with van der Waals surface area (Å²) in [6.45, 7) is 2.30. The summed E-state index contributed by atoms with van der Waals surface area (Å²) in [5.41, 5.74) is 0.424. The lowest BCUT2D eigenvalue weighted by atomic mass is 9.78. The monoisotopic (exact) mass is 557 g/mol. The topological polar surface area (TPSA) is 108 Å². The number of halogens is 2. The van der Waals surface area contributed by atoms with Crippen LogP contribution in [-0.4, -0.2) is 50.7 Å². The zero-order valence-electron chi connectivity index (χ0n) is 23.2. The summed E-state index contributed by atoms with van der Waals surface area (Å²) in [6.07, 6.45) is 12.7. The molecule has 2 saturated carbocycles. The molecule has 0 spiro atoms. The van der Waals surface area contributed by atoms with Gasteiger partial charge in [0.05, 0.1) is 23.9 Å². The summed E-state index contributed by atoms with van der Waals surface area (Å²) in [7, 11) is 0. The SMILES string of the molecule is CCC[C@H](N[C@H]1CCc2cc(F)cc(F)c2C1)C(=O)Nc1cn(C2CCC2C(=O)NCC2(O)CCCCC2)cn1. The molecule has 0 bridgehead atoms. The third-order valence-electron chi connectivity index (χ3n) is 8.98. The van der Waals surface area contributed by atoms with E-state index in [0.29, 0.717) is 49.2 Å². The number of carbonyl (C=O) groups is 2. The molecular weight excluding hydrogens is 516 g/mol. The predicted octanol–water partition coefficient (Wildman–Crippen LogP) is 4.18. The molecule has 2 unspecified atom stereocenters. The van der Waals surface area contributed by atoms with Crippen LogP contribution in [0.2, 0.25) is 0 Å². The molecule has 3 aliphatic rings. The zero-order chi connectivity index (χ0) is 28.3. The number of carbonyl (C=O) groups excluding carboxylic acids is 2. The highest BCUT2D eigenvalue weighted by molar-refractivity contribution is 5.94. The van der Waals surface area contributed by atoms with Gasteiger partial charge in [-0.1, -0.05) is 32.6 Å². The predicted molar refractivity (Wildman–Crippen MR) is 148 cm³/mol. The van der Waals surface area contributed by atoms with Crippen molar-refractivity contribution in [3.63, 3.8) is 0 Å². The van der Waals surface area contributed by atoms with Gasteiger partial charge < -0.3 is 25.6 Å². The Balaban J connectivity index is 1.15. The van der Waals surface area contributed by atoms with Gasteiger partial charge in [-0.2, -0.15) is 0 Å². The molecule has 0 saturated heterocycles. The zero-order valence-corrected chi connectivity index (χ0v) is 23.2. The first-order valence-electron chi connectivity index (χ1n) is 14.8. The molecular formula is C30H41F2N5O3. The number of rotatable bonds is 10. The summed E-state index contributed by atoms with van der Waals surface area (Å²) in [6, 6.07) is 1.72. The summed E-state index contributed by atoms with van der Waals surface area (Å²) < 4.78 is 29.8. The number of benzene rings is 1. The van der Waals surface area contributed by atoms with Crippen LogP contribution >= 0.6 is 0 Å². The quantitative estimate of drug-likeness (QED) is 0.351. The number of nitrogens with one attached hydrogen (secondary N) is 3. The Hall–Kier alpha value is -2.85. The van der Waals surface area contributed by atoms with E-state index < -0.39 is 23.3 Å². The molecule has 2 aromatic rings. The van der Waals surface area contributed by atoms with Crippen LogP contribution in [0, 0.1) is 17.6 Å². The van der Waals surface area contributed by atoms with Crippen LogP contribution in [0.15, 0.2) is 24.7 Å². The van der Waals surface area contributed by atoms with Crippen LogP contribution in [0.5, 0.6) is 0 Å². The van der Waals surface area contributed by atoms with Crippen molar-refractivity contribution in [2.45, 2.75) is 108 Å². The first-order chi connectivity index (χ1) is 19.2. The van der Waals surface area contributed by atoms with E-state index in [1.807, 2.05) is 11.5 Å². The Labute approximate surface area is 234 Å². The number of imidazole rings is 1. The van der Waals surface area contributed by atoms with E-state index in [2.05, 4.69) is 20.9 Å². The molecule has 3 aliphatic carbocycles. The van der Waals surface area contributed by atoms with E-state index in [1.54, 1.807) is 12.5 Å². The largest absolute Gasteiger partial charge is 0.388 e. The van der Waals surface area contributed by atoms with Crippen molar-refractivity contribution in [1.82, 2.24) is 20.2 Å². The first kappa shape index (κ1) is 28.7. The van der Waals surface area contributed by atoms with Gasteiger partial charge in [-0.25, -0.2) is 13.8 Å². The van der Waals surface area contributed by atoms with Gasteiger partial charge in [0.25, 0.3) is 0 Å². The number of nitrogens with zero attached hydrogens (tertiary/aromatic N) is 2. The molecule has 218 valence electrons. The van der Waals surface area contributed by atoms with Crippen LogP contribution in [-0.2, 0) is 22.4 Å². The van der Waals surface area contributed by atoms with Crippen LogP contribution < -0.4 is 16.0 Å². The molecule has 10 heteroatoms. The molecule has 2 fully saturated rings. The molecule has 1 aromatic carbocycles. The number of fused-ring (bicyclic) bond motifs is 1. The van der Waals surface area contributed by atoms with Gasteiger partial charge in [0, 0.05) is 30.9 Å². The van der Waals surface area contributed by atoms with E-state index in [4.69, 9.17) is 0 Å². The highest BCUT2D eigenvalue weighted by Gasteiger charge is 2.39. The number of hydrogen-bond donors (Lipinski definition) is 4. The molecule has 0 aliphatic heterocycles. The average Bonchev–Trinajstić information content (AvgIpc) is 3.34. The van der Waals surface area contributed by atoms with Crippen molar-refractivity contribution in [3.8, 4) is 0 Å². The van der Waals surface area contributed by atoms with E-state index >= 15 is 0 Å². The van der Waals surface area contributed by atoms with E-state index in [1.165, 1.54) is 6.07 Å². The Morgan fingerprint density at radius 3 is 2.70 bits per heavy atom. The van der Waals surface area contributed by atoms with Crippen molar-refractivity contribution < 1.29 is 23.5 Å². The average molecular weight is 558 g/mol. The summed E-state index contributed by atoms with van der Waals surface area (Å²) in [4.78, 5) is 30.4. The fraction of sp³-hybridized carbons (Fsp3) is 0.633. The van der Waals surface area contributed by atoms with Crippen molar-refractivity contribution in [2.75, 3.05) is 11.9 Å². The van der Waals surface area contributed by atoms with Gasteiger partial charge >= 0.3 is 0 Å². The van der Waals surface area contributed by atoms with E-state index in [0.717, 1.165) is 57.4 Å². The molecule has 1 heterocycles. The normalized spacial score (nSPS) is 24.4. The number of aliphatic hydroxyl groups is 1. The molecule has 40 heavy (non-hydrogen) atoms. The lowest BCUT2D eigenvalue weighted by Crippen LogP contribution is -2.48. The molecule has 8 nitrogen and oxygen atoms in total. The third kappa shape index (κ3) is 6.54. The van der Waals surface area contributed by atoms with Gasteiger partial charge in [-0.15, -0.1) is 0 Å². The summed E-state index contributed by atoms with van der Waals surface area (Å²) in [5.74, 6) is -1.11. The maximum atomic E-state index is 14.4. The van der Waals surface area contributed by atoms with E-state index in [-0.39, 0.29) is 29.8 Å². The Morgan fingerprint density at radius 1 is 1.18 bits per heavy atom. The van der Waals surface area contributed by atoms with Gasteiger partial charge in [0.15, 0.2) is 5.82 Å². The van der Waals surface area contributed by atoms with Gasteiger partial charge in [-0.05, 0) is 68.6 Å². The van der Waals surface area contributed by atoms with Crippen molar-refractivity contribution in [2.24, 2.45) is 5.92 Å². The van der Waals surface area contributed by atoms with Crippen LogP contribution in [0.3, 0.4) is 0 Å². The number of aryl methyl sites for hydroxylation is 1. The summed E-state index contributed by atoms with van der Waals surface area (Å²) >= 11 is 0. The fourth-order valence-electron chi connectivity index (χ4n) is 6.50. The molecule has 5 rings (SSSR count). The van der Waals surface area contributed by atoms with Gasteiger partial charge in [-0.3, -0.25) is 9.59 Å². The Kier molecular flexibility index (Phi) is 8.85. The lowest BCUT2D eigenvalue weighted by molar-refractivity contribution is -0.131. The number of anilines is 1. The van der Waals surface area contributed by atoms with Crippen molar-refractivity contribution in [1.29, 1.82) is 0 Å². The molecule has 0 radical (unpaired) electrons. The molecule has 4 atom stereocenters. The second-order valence-corrected chi connectivity index (χ2v) is 11.9. The number of hydrogen-bond acceptors (Lipinski definition) is 5. The third-order valence-corrected chi connectivity index (χ3v) is 8.98. The second kappa shape index (κ2) is 12.3. The second-order valence-electron chi connectivity index (χ2n) is 11.9. The minimum Gasteiger partial charge on any atom is -0.388 e. The minimum absolute atomic E-state index is 0.0363. The molecule has 1 aromatic heterocycles. The summed E-state index contributed by atoms with van der Waals surface area (Å²) in [5, 5.41) is 20.0. The van der Waals surface area contributed by atoms with Crippen LogP contribution in [0.4, 0.5) is 14.6 Å². The maximum absolute atomic E-state index is 14.4. The lowest BCUT2D eigenvalue weighted by Gasteiger charge is -2.38. The standard InChI is InChI=1S/C30H41F2N5O3/c1-2-6-25(35-21-8-7-19-13-20(31)14-24(32)23(19)15-21)29(39)36-27-16-37(18-34-27)26-10-9-22(26)28(38)33-17-30(40)11-4-3-5-12-30/h13-14,16,18,21-22,25-26,35,40H,2-12,15,17H2,1H3,(H,33,38)(H,36,39)/t21-,22?,25-,26?/m0/s1. The fourth-order valence-corrected chi connectivity index (χ4v) is 6.50. The van der Waals surface area contributed by atoms with Crippen molar-refractivity contribution >= 4 is 17.6 Å². The first-order valence-corrected chi connectivity index (χ1v) is 14.8. The van der Waals surface area contributed by atoms with Crippen LogP contribution in [0.25, 0.3) is 0 Å². The van der Waals surface area contributed by atoms with Gasteiger partial charge in [0.1, 0.15) is 11.6 Å². The Morgan fingerprint density at radius 2 is 1.98 bits per heavy atom. The van der Waals surface area contributed by atoms with E-state index in [9.17, 15) is 23.5 Å². The maximum Gasteiger partial charge on any atom is 0.242 e. The molecule has 2 amide bonds. The Bertz CT molecular complexity index is 1210. The number of aromatic nitrogens is 2. The van der Waals surface area contributed by atoms with Gasteiger partial charge in [0.2, 0.25) is 11.8 Å². The highest BCUT2D eigenvalue weighted by atomic mass is 19.1.